The van der Waals surface area contributed by atoms with Crippen LogP contribution in [0, 0.1) is 18.8 Å². The highest BCUT2D eigenvalue weighted by Crippen LogP contribution is 2.46. The molecule has 0 radical (unpaired) electrons. The zero-order valence-corrected chi connectivity index (χ0v) is 21.9. The van der Waals surface area contributed by atoms with Gasteiger partial charge in [-0.15, -0.1) is 0 Å². The van der Waals surface area contributed by atoms with E-state index in [4.69, 9.17) is 0 Å². The first-order valence-electron chi connectivity index (χ1n) is 13.4. The molecule has 3 amide bonds. The van der Waals surface area contributed by atoms with Crippen LogP contribution in [0.2, 0.25) is 0 Å². The Morgan fingerprint density at radius 2 is 1.90 bits per heavy atom. The third-order valence-electron chi connectivity index (χ3n) is 8.14. The molecule has 41 heavy (non-hydrogen) atoms. The Kier molecular flexibility index (Phi) is 6.60. The molecule has 3 aliphatic rings. The Balaban J connectivity index is 1.30. The molecule has 2 saturated carbocycles. The van der Waals surface area contributed by atoms with E-state index in [1.807, 2.05) is 5.32 Å². The van der Waals surface area contributed by atoms with E-state index >= 15 is 0 Å². The number of aryl methyl sites for hydroxylation is 1. The number of amides is 3. The Morgan fingerprint density at radius 1 is 1.17 bits per heavy atom. The van der Waals surface area contributed by atoms with Gasteiger partial charge in [-0.25, -0.2) is 27.7 Å². The molecule has 1 saturated heterocycles. The van der Waals surface area contributed by atoms with Gasteiger partial charge < -0.3 is 15.5 Å². The molecule has 0 spiro atoms. The van der Waals surface area contributed by atoms with Crippen molar-refractivity contribution in [2.75, 3.05) is 6.54 Å². The van der Waals surface area contributed by atoms with Crippen molar-refractivity contribution >= 4 is 17.6 Å². The summed E-state index contributed by atoms with van der Waals surface area (Å²) in [6.45, 7) is 1.04. The van der Waals surface area contributed by atoms with Gasteiger partial charge in [-0.2, -0.15) is 18.3 Å². The van der Waals surface area contributed by atoms with Crippen molar-refractivity contribution in [3.63, 3.8) is 0 Å². The summed E-state index contributed by atoms with van der Waals surface area (Å²) in [4.78, 5) is 31.4. The average Bonchev–Trinajstić information content (AvgIpc) is 3.29. The second-order valence-corrected chi connectivity index (χ2v) is 11.1. The molecular formula is C25H27F5N8O3. The maximum Gasteiger partial charge on any atom is 0.410 e. The fourth-order valence-electron chi connectivity index (χ4n) is 5.80. The number of hydrogen-bond donors (Lipinski definition) is 2. The van der Waals surface area contributed by atoms with Gasteiger partial charge in [0.05, 0.1) is 36.7 Å². The topological polar surface area (TPSA) is 131 Å². The number of aromatic nitrogens is 5. The quantitative estimate of drug-likeness (QED) is 0.401. The Morgan fingerprint density at radius 3 is 2.51 bits per heavy atom. The predicted molar refractivity (Wildman–Crippen MR) is 130 cm³/mol. The van der Waals surface area contributed by atoms with Crippen LogP contribution in [-0.2, 0) is 0 Å². The maximum absolute atomic E-state index is 13.9. The highest BCUT2D eigenvalue weighted by atomic mass is 19.4. The Hall–Kier alpha value is -3.85. The van der Waals surface area contributed by atoms with E-state index in [9.17, 15) is 31.5 Å². The standard InChI is InChI=1S/C25H27F5N8O3/c1-12-19(36-41-35-12)22(39)34-20(13-4-6-24(26,27)7-5-13)16-10-38-18(32-16)8-15(9-31-38)21(14-2-3-14)37-11-17(25(28,29)30)33-23(37)40/h8-10,13-14,17,20-21H,2-7,11H2,1H3,(H,33,40)(H,34,39)/t17-,20+,21-/m1/s1. The highest BCUT2D eigenvalue weighted by Gasteiger charge is 2.51. The number of carbonyl (C=O) groups is 2. The molecule has 0 bridgehead atoms. The lowest BCUT2D eigenvalue weighted by Crippen LogP contribution is -2.40. The minimum Gasteiger partial charge on any atom is -0.342 e. The van der Waals surface area contributed by atoms with E-state index in [0.717, 1.165) is 12.8 Å². The molecular weight excluding hydrogens is 555 g/mol. The number of halogens is 5. The van der Waals surface area contributed by atoms with Crippen LogP contribution in [0.25, 0.3) is 5.65 Å². The molecule has 3 fully saturated rings. The van der Waals surface area contributed by atoms with Crippen molar-refractivity contribution in [2.45, 2.75) is 75.7 Å². The molecule has 220 valence electrons. The first-order valence-corrected chi connectivity index (χ1v) is 13.4. The van der Waals surface area contributed by atoms with E-state index in [1.54, 1.807) is 19.2 Å². The minimum atomic E-state index is -4.57. The van der Waals surface area contributed by atoms with Gasteiger partial charge in [0.1, 0.15) is 11.7 Å². The number of imidazole rings is 1. The van der Waals surface area contributed by atoms with Gasteiger partial charge in [-0.1, -0.05) is 5.16 Å². The molecule has 0 unspecified atom stereocenters. The summed E-state index contributed by atoms with van der Waals surface area (Å²) in [6.07, 6.45) is -0.340. The van der Waals surface area contributed by atoms with Gasteiger partial charge in [-0.05, 0) is 61.2 Å². The summed E-state index contributed by atoms with van der Waals surface area (Å²) in [6, 6.07) is -2.45. The number of fused-ring (bicyclic) bond motifs is 1. The molecule has 0 aromatic carbocycles. The zero-order chi connectivity index (χ0) is 29.1. The molecule has 3 aromatic heterocycles. The lowest BCUT2D eigenvalue weighted by Gasteiger charge is -2.33. The molecule has 3 aromatic rings. The summed E-state index contributed by atoms with van der Waals surface area (Å²) in [5.41, 5.74) is 1.50. The fourth-order valence-corrected chi connectivity index (χ4v) is 5.80. The van der Waals surface area contributed by atoms with Crippen LogP contribution < -0.4 is 10.6 Å². The van der Waals surface area contributed by atoms with E-state index in [0.29, 0.717) is 16.9 Å². The lowest BCUT2D eigenvalue weighted by atomic mass is 9.81. The monoisotopic (exact) mass is 582 g/mol. The molecule has 1 aliphatic heterocycles. The van der Waals surface area contributed by atoms with E-state index < -0.39 is 48.7 Å². The van der Waals surface area contributed by atoms with Crippen molar-refractivity contribution in [3.05, 3.63) is 41.1 Å². The van der Waals surface area contributed by atoms with Crippen LogP contribution >= 0.6 is 0 Å². The third kappa shape index (κ3) is 5.43. The van der Waals surface area contributed by atoms with Gasteiger partial charge in [0, 0.05) is 12.8 Å². The predicted octanol–water partition coefficient (Wildman–Crippen LogP) is 4.12. The smallest absolute Gasteiger partial charge is 0.342 e. The van der Waals surface area contributed by atoms with Gasteiger partial charge in [-0.3, -0.25) is 4.79 Å². The summed E-state index contributed by atoms with van der Waals surface area (Å²) in [5, 5.41) is 16.5. The molecule has 16 heteroatoms. The molecule has 2 aliphatic carbocycles. The van der Waals surface area contributed by atoms with Crippen LogP contribution in [0.4, 0.5) is 26.7 Å². The van der Waals surface area contributed by atoms with E-state index in [-0.39, 0.29) is 48.9 Å². The summed E-state index contributed by atoms with van der Waals surface area (Å²) in [7, 11) is 0. The SMILES string of the molecule is Cc1nonc1C(=O)N[C@H](c1cn2ncc([C@@H](C3CC3)N3C[C@H](C(F)(F)F)NC3=O)cc2n1)C1CCC(F)(F)CC1. The molecule has 2 N–H and O–H groups in total. The highest BCUT2D eigenvalue weighted by molar-refractivity contribution is 5.93. The van der Waals surface area contributed by atoms with Crippen molar-refractivity contribution in [1.82, 2.24) is 40.4 Å². The van der Waals surface area contributed by atoms with Crippen LogP contribution in [0.3, 0.4) is 0 Å². The van der Waals surface area contributed by atoms with Gasteiger partial charge in [0.25, 0.3) is 5.91 Å². The summed E-state index contributed by atoms with van der Waals surface area (Å²) < 4.78 is 73.9. The maximum atomic E-state index is 13.9. The fraction of sp³-hybridized carbons (Fsp3) is 0.600. The lowest BCUT2D eigenvalue weighted by molar-refractivity contribution is -0.150. The normalized spacial score (nSPS) is 23.0. The van der Waals surface area contributed by atoms with Crippen LogP contribution in [0.15, 0.2) is 23.1 Å². The molecule has 6 rings (SSSR count). The third-order valence-corrected chi connectivity index (χ3v) is 8.14. The van der Waals surface area contributed by atoms with Crippen LogP contribution in [0.1, 0.15) is 78.0 Å². The number of urea groups is 1. The first-order chi connectivity index (χ1) is 19.4. The number of alkyl halides is 5. The van der Waals surface area contributed by atoms with Crippen molar-refractivity contribution < 1.29 is 36.2 Å². The van der Waals surface area contributed by atoms with Crippen molar-refractivity contribution in [2.24, 2.45) is 11.8 Å². The summed E-state index contributed by atoms with van der Waals surface area (Å²) >= 11 is 0. The van der Waals surface area contributed by atoms with E-state index in [2.05, 4.69) is 30.3 Å². The van der Waals surface area contributed by atoms with Crippen molar-refractivity contribution in [3.8, 4) is 0 Å². The number of nitrogens with zero attached hydrogens (tertiary/aromatic N) is 6. The van der Waals surface area contributed by atoms with Crippen molar-refractivity contribution in [1.29, 1.82) is 0 Å². The second-order valence-electron chi connectivity index (χ2n) is 11.1. The molecule has 3 atom stereocenters. The number of rotatable bonds is 7. The Labute approximate surface area is 229 Å². The van der Waals surface area contributed by atoms with E-state index in [1.165, 1.54) is 15.6 Å². The number of carbonyl (C=O) groups excluding carboxylic acids is 2. The number of nitrogens with one attached hydrogen (secondary N) is 2. The minimum absolute atomic E-state index is 0.0123. The number of hydrogen-bond acceptors (Lipinski definition) is 7. The molecule has 11 nitrogen and oxygen atoms in total. The average molecular weight is 583 g/mol. The summed E-state index contributed by atoms with van der Waals surface area (Å²) in [5.74, 6) is -3.74. The molecule has 4 heterocycles. The van der Waals surface area contributed by atoms with Crippen LogP contribution in [-0.4, -0.2) is 66.4 Å². The van der Waals surface area contributed by atoms with Gasteiger partial charge in [0.2, 0.25) is 5.92 Å². The Bertz CT molecular complexity index is 1460. The van der Waals surface area contributed by atoms with Crippen LogP contribution in [0.5, 0.6) is 0 Å². The van der Waals surface area contributed by atoms with Gasteiger partial charge in [0.15, 0.2) is 11.3 Å². The largest absolute Gasteiger partial charge is 0.410 e. The first kappa shape index (κ1) is 27.3. The van der Waals surface area contributed by atoms with Gasteiger partial charge >= 0.3 is 12.2 Å². The zero-order valence-electron chi connectivity index (χ0n) is 21.9. The second kappa shape index (κ2) is 9.91.